The number of nitrogens with one attached hydrogen (secondary N) is 1. The van der Waals surface area contributed by atoms with Crippen molar-refractivity contribution >= 4 is 33.7 Å². The first-order valence-electron chi connectivity index (χ1n) is 7.28. The third kappa shape index (κ3) is 2.50. The number of hydrogen-bond donors (Lipinski definition) is 1. The lowest BCUT2D eigenvalue weighted by atomic mass is 10.1. The van der Waals surface area contributed by atoms with E-state index >= 15 is 0 Å². The van der Waals surface area contributed by atoms with Crippen molar-refractivity contribution in [3.63, 3.8) is 0 Å². The van der Waals surface area contributed by atoms with E-state index in [2.05, 4.69) is 15.2 Å². The van der Waals surface area contributed by atoms with Crippen LogP contribution < -0.4 is 0 Å². The summed E-state index contributed by atoms with van der Waals surface area (Å²) in [6.07, 6.45) is 0. The van der Waals surface area contributed by atoms with Crippen LogP contribution in [0.2, 0.25) is 0 Å². The lowest BCUT2D eigenvalue weighted by Gasteiger charge is -2.05. The molecule has 2 heterocycles. The summed E-state index contributed by atoms with van der Waals surface area (Å²) in [5.74, 6) is -1.17. The number of benzene rings is 1. The van der Waals surface area contributed by atoms with Crippen LogP contribution in [-0.4, -0.2) is 40.3 Å². The first-order valence-corrected chi connectivity index (χ1v) is 7.28. The molecule has 118 valence electrons. The zero-order chi connectivity index (χ0) is 16.4. The summed E-state index contributed by atoms with van der Waals surface area (Å²) in [7, 11) is 0. The molecule has 0 radical (unpaired) electrons. The van der Waals surface area contributed by atoms with Gasteiger partial charge in [-0.05, 0) is 19.9 Å². The Kier molecular flexibility index (Phi) is 3.92. The summed E-state index contributed by atoms with van der Waals surface area (Å²) in [6, 6.07) is 7.38. The molecule has 3 aromatic rings. The zero-order valence-electron chi connectivity index (χ0n) is 12.8. The molecule has 1 N–H and O–H groups in total. The van der Waals surface area contributed by atoms with E-state index in [0.29, 0.717) is 10.9 Å². The highest BCUT2D eigenvalue weighted by Gasteiger charge is 2.24. The van der Waals surface area contributed by atoms with Crippen molar-refractivity contribution in [3.05, 3.63) is 35.7 Å². The maximum atomic E-state index is 12.2. The van der Waals surface area contributed by atoms with Crippen molar-refractivity contribution in [1.29, 1.82) is 0 Å². The lowest BCUT2D eigenvalue weighted by molar-refractivity contribution is 0.0502. The van der Waals surface area contributed by atoms with Gasteiger partial charge < -0.3 is 14.5 Å². The van der Waals surface area contributed by atoms with Crippen LogP contribution >= 0.6 is 0 Å². The first-order chi connectivity index (χ1) is 11.2. The number of hydrogen-bond acceptors (Lipinski definition) is 6. The number of aromatic amines is 1. The predicted molar refractivity (Wildman–Crippen MR) is 83.3 cm³/mol. The molecule has 7 heteroatoms. The monoisotopic (exact) mass is 313 g/mol. The summed E-state index contributed by atoms with van der Waals surface area (Å²) in [5, 5.41) is 9.05. The molecule has 0 unspecified atom stereocenters. The van der Waals surface area contributed by atoms with E-state index in [1.807, 2.05) is 24.3 Å². The van der Waals surface area contributed by atoms with Gasteiger partial charge in [0.05, 0.1) is 18.7 Å². The molecule has 7 nitrogen and oxygen atoms in total. The molecule has 0 bridgehead atoms. The number of carbonyl (C=O) groups excluding carboxylic acids is 2. The summed E-state index contributed by atoms with van der Waals surface area (Å²) in [5.41, 5.74) is 1.31. The van der Waals surface area contributed by atoms with Gasteiger partial charge in [-0.3, -0.25) is 0 Å². The molecule has 3 rings (SSSR count). The van der Waals surface area contributed by atoms with Gasteiger partial charge in [-0.15, -0.1) is 10.2 Å². The molecular weight excluding hydrogens is 298 g/mol. The number of rotatable bonds is 4. The summed E-state index contributed by atoms with van der Waals surface area (Å²) in [4.78, 5) is 27.3. The molecule has 1 aromatic carbocycles. The second kappa shape index (κ2) is 6.04. The number of esters is 2. The van der Waals surface area contributed by atoms with Gasteiger partial charge in [0.25, 0.3) is 0 Å². The van der Waals surface area contributed by atoms with Crippen LogP contribution in [0, 0.1) is 0 Å². The maximum absolute atomic E-state index is 12.2. The Labute approximate surface area is 131 Å². The highest BCUT2D eigenvalue weighted by Crippen LogP contribution is 2.29. The number of fused-ring (bicyclic) bond motifs is 3. The average Bonchev–Trinajstić information content (AvgIpc) is 2.93. The zero-order valence-corrected chi connectivity index (χ0v) is 12.8. The van der Waals surface area contributed by atoms with E-state index in [4.69, 9.17) is 9.47 Å². The van der Waals surface area contributed by atoms with Gasteiger partial charge in [0, 0.05) is 16.3 Å². The fraction of sp³-hybridized carbons (Fsp3) is 0.250. The van der Waals surface area contributed by atoms with E-state index in [1.165, 1.54) is 0 Å². The Morgan fingerprint density at radius 1 is 1.00 bits per heavy atom. The standard InChI is InChI=1S/C16H15N3O4/c1-3-22-15(20)13-11-9-7-5-6-8-10(9)17-12(11)14(19-18-13)16(21)23-4-2/h5-8,17H,3-4H2,1-2H3. The van der Waals surface area contributed by atoms with Crippen molar-refractivity contribution in [2.45, 2.75) is 13.8 Å². The maximum Gasteiger partial charge on any atom is 0.361 e. The Balaban J connectivity index is 2.32. The van der Waals surface area contributed by atoms with Crippen molar-refractivity contribution in [1.82, 2.24) is 15.2 Å². The summed E-state index contributed by atoms with van der Waals surface area (Å²) in [6.45, 7) is 3.87. The molecular formula is C16H15N3O4. The topological polar surface area (TPSA) is 94.2 Å². The van der Waals surface area contributed by atoms with Crippen molar-refractivity contribution in [3.8, 4) is 0 Å². The van der Waals surface area contributed by atoms with E-state index in [0.717, 1.165) is 10.9 Å². The van der Waals surface area contributed by atoms with E-state index in [1.54, 1.807) is 13.8 Å². The van der Waals surface area contributed by atoms with Gasteiger partial charge in [-0.25, -0.2) is 9.59 Å². The van der Waals surface area contributed by atoms with Crippen LogP contribution in [-0.2, 0) is 9.47 Å². The Hall–Kier alpha value is -2.96. The van der Waals surface area contributed by atoms with Crippen LogP contribution in [0.3, 0.4) is 0 Å². The van der Waals surface area contributed by atoms with Crippen molar-refractivity contribution in [2.24, 2.45) is 0 Å². The van der Waals surface area contributed by atoms with Gasteiger partial charge in [0.1, 0.15) is 0 Å². The molecule has 0 atom stereocenters. The normalized spacial score (nSPS) is 10.9. The van der Waals surface area contributed by atoms with Gasteiger partial charge in [0.15, 0.2) is 11.4 Å². The molecule has 0 aliphatic carbocycles. The van der Waals surface area contributed by atoms with E-state index in [9.17, 15) is 9.59 Å². The van der Waals surface area contributed by atoms with Crippen LogP contribution in [0.1, 0.15) is 34.8 Å². The van der Waals surface area contributed by atoms with Crippen LogP contribution in [0.15, 0.2) is 24.3 Å². The largest absolute Gasteiger partial charge is 0.461 e. The molecule has 0 aliphatic heterocycles. The number of carbonyl (C=O) groups is 2. The predicted octanol–water partition coefficient (Wildman–Crippen LogP) is 2.46. The van der Waals surface area contributed by atoms with Gasteiger partial charge in [-0.2, -0.15) is 0 Å². The Morgan fingerprint density at radius 3 is 2.30 bits per heavy atom. The van der Waals surface area contributed by atoms with E-state index < -0.39 is 11.9 Å². The highest BCUT2D eigenvalue weighted by molar-refractivity contribution is 6.18. The molecule has 0 fully saturated rings. The summed E-state index contributed by atoms with van der Waals surface area (Å²) >= 11 is 0. The van der Waals surface area contributed by atoms with E-state index in [-0.39, 0.29) is 24.6 Å². The molecule has 23 heavy (non-hydrogen) atoms. The fourth-order valence-electron chi connectivity index (χ4n) is 2.45. The minimum Gasteiger partial charge on any atom is -0.461 e. The SMILES string of the molecule is CCOC(=O)c1nnc(C(=O)OCC)c2c1[nH]c1ccccc12. The Bertz CT molecular complexity index is 901. The van der Waals surface area contributed by atoms with Crippen molar-refractivity contribution < 1.29 is 19.1 Å². The minimum atomic E-state index is -0.591. The second-order valence-electron chi connectivity index (χ2n) is 4.76. The van der Waals surface area contributed by atoms with Crippen LogP contribution in [0.4, 0.5) is 0 Å². The highest BCUT2D eigenvalue weighted by atomic mass is 16.5. The quantitative estimate of drug-likeness (QED) is 0.744. The van der Waals surface area contributed by atoms with Crippen LogP contribution in [0.25, 0.3) is 21.8 Å². The lowest BCUT2D eigenvalue weighted by Crippen LogP contribution is -2.14. The molecule has 0 aliphatic rings. The molecule has 0 saturated carbocycles. The average molecular weight is 313 g/mol. The molecule has 0 saturated heterocycles. The number of para-hydroxylation sites is 1. The molecule has 0 amide bonds. The molecule has 2 aromatic heterocycles. The second-order valence-corrected chi connectivity index (χ2v) is 4.76. The van der Waals surface area contributed by atoms with Crippen LogP contribution in [0.5, 0.6) is 0 Å². The van der Waals surface area contributed by atoms with Gasteiger partial charge in [-0.1, -0.05) is 18.2 Å². The first kappa shape index (κ1) is 15.0. The Morgan fingerprint density at radius 2 is 1.61 bits per heavy atom. The number of nitrogens with zero attached hydrogens (tertiary/aromatic N) is 2. The van der Waals surface area contributed by atoms with Gasteiger partial charge >= 0.3 is 11.9 Å². The number of H-pyrrole nitrogens is 1. The third-order valence-electron chi connectivity index (χ3n) is 3.37. The smallest absolute Gasteiger partial charge is 0.361 e. The summed E-state index contributed by atoms with van der Waals surface area (Å²) < 4.78 is 10.0. The fourth-order valence-corrected chi connectivity index (χ4v) is 2.45. The van der Waals surface area contributed by atoms with Gasteiger partial charge in [0.2, 0.25) is 0 Å². The third-order valence-corrected chi connectivity index (χ3v) is 3.37. The minimum absolute atomic E-state index is 0.0473. The number of ether oxygens (including phenoxy) is 2. The number of aromatic nitrogens is 3. The van der Waals surface area contributed by atoms with Crippen molar-refractivity contribution in [2.75, 3.05) is 13.2 Å². The molecule has 0 spiro atoms.